The Balaban J connectivity index is 3.13. The van der Waals surface area contributed by atoms with Gasteiger partial charge in [0.25, 0.3) is 5.56 Å². The number of halogens is 4. The van der Waals surface area contributed by atoms with Crippen LogP contribution in [0.2, 0.25) is 5.15 Å². The normalized spacial score (nSPS) is 11.7. The Labute approximate surface area is 81.1 Å². The molecule has 1 aromatic heterocycles. The van der Waals surface area contributed by atoms with Crippen molar-refractivity contribution in [3.63, 3.8) is 0 Å². The highest BCUT2D eigenvalue weighted by molar-refractivity contribution is 6.31. The third-order valence-corrected chi connectivity index (χ3v) is 1.67. The van der Waals surface area contributed by atoms with Crippen molar-refractivity contribution in [2.75, 3.05) is 5.73 Å². The molecule has 0 aliphatic heterocycles. The third kappa shape index (κ3) is 2.38. The molecule has 1 rings (SSSR count). The van der Waals surface area contributed by atoms with Crippen LogP contribution in [0.15, 0.2) is 11.1 Å². The Morgan fingerprint density at radius 2 is 2.14 bits per heavy atom. The van der Waals surface area contributed by atoms with Crippen LogP contribution in [0.3, 0.4) is 0 Å². The molecule has 0 atom stereocenters. The van der Waals surface area contributed by atoms with Crippen LogP contribution in [0.25, 0.3) is 0 Å². The van der Waals surface area contributed by atoms with Crippen LogP contribution in [0.1, 0.15) is 0 Å². The Kier molecular flexibility index (Phi) is 2.70. The number of nitrogens with zero attached hydrogens (tertiary/aromatic N) is 2. The van der Waals surface area contributed by atoms with Gasteiger partial charge in [-0.1, -0.05) is 11.6 Å². The Bertz CT molecular complexity index is 400. The second-order valence-corrected chi connectivity index (χ2v) is 2.86. The summed E-state index contributed by atoms with van der Waals surface area (Å²) in [6.45, 7) is -1.43. The molecule has 1 aromatic rings. The zero-order valence-corrected chi connectivity index (χ0v) is 7.43. The molecule has 0 radical (unpaired) electrons. The van der Waals surface area contributed by atoms with Crippen molar-refractivity contribution in [3.05, 3.63) is 21.8 Å². The molecule has 14 heavy (non-hydrogen) atoms. The van der Waals surface area contributed by atoms with E-state index >= 15 is 0 Å². The number of anilines is 1. The van der Waals surface area contributed by atoms with Gasteiger partial charge in [0, 0.05) is 0 Å². The molecule has 0 aromatic carbocycles. The van der Waals surface area contributed by atoms with E-state index in [2.05, 4.69) is 4.98 Å². The molecule has 0 spiro atoms. The van der Waals surface area contributed by atoms with Gasteiger partial charge >= 0.3 is 6.18 Å². The van der Waals surface area contributed by atoms with Gasteiger partial charge in [-0.15, -0.1) is 0 Å². The summed E-state index contributed by atoms with van der Waals surface area (Å²) in [5.41, 5.74) is 3.62. The van der Waals surface area contributed by atoms with Crippen LogP contribution >= 0.6 is 11.6 Å². The lowest BCUT2D eigenvalue weighted by molar-refractivity contribution is -0.141. The van der Waals surface area contributed by atoms with Gasteiger partial charge in [-0.2, -0.15) is 13.2 Å². The largest absolute Gasteiger partial charge is 0.406 e. The molecule has 2 N–H and O–H groups in total. The van der Waals surface area contributed by atoms with Crippen LogP contribution in [-0.4, -0.2) is 15.7 Å². The second kappa shape index (κ2) is 3.49. The minimum absolute atomic E-state index is 0.298. The molecule has 4 nitrogen and oxygen atoms in total. The van der Waals surface area contributed by atoms with E-state index in [1.54, 1.807) is 0 Å². The van der Waals surface area contributed by atoms with E-state index in [1.807, 2.05) is 0 Å². The average Bonchev–Trinajstić information content (AvgIpc) is 2.04. The summed E-state index contributed by atoms with van der Waals surface area (Å²) in [5, 5.41) is -0.298. The van der Waals surface area contributed by atoms with Crippen molar-refractivity contribution in [2.24, 2.45) is 0 Å². The quantitative estimate of drug-likeness (QED) is 0.730. The molecule has 0 saturated carbocycles. The molecule has 0 unspecified atom stereocenters. The summed E-state index contributed by atoms with van der Waals surface area (Å²) < 4.78 is 36.0. The van der Waals surface area contributed by atoms with Crippen molar-refractivity contribution in [1.29, 1.82) is 0 Å². The van der Waals surface area contributed by atoms with Crippen LogP contribution in [0.5, 0.6) is 0 Å². The van der Waals surface area contributed by atoms with E-state index < -0.39 is 24.0 Å². The minimum Gasteiger partial charge on any atom is -0.392 e. The summed E-state index contributed by atoms with van der Waals surface area (Å²) in [6.07, 6.45) is -3.79. The van der Waals surface area contributed by atoms with E-state index in [0.29, 0.717) is 10.9 Å². The number of alkyl halides is 3. The van der Waals surface area contributed by atoms with E-state index in [-0.39, 0.29) is 5.15 Å². The molecule has 8 heteroatoms. The smallest absolute Gasteiger partial charge is 0.392 e. The summed E-state index contributed by atoms with van der Waals surface area (Å²) >= 11 is 5.33. The van der Waals surface area contributed by atoms with E-state index in [1.165, 1.54) is 0 Å². The maximum atomic E-state index is 11.9. The fourth-order valence-corrected chi connectivity index (χ4v) is 0.916. The molecule has 0 amide bonds. The van der Waals surface area contributed by atoms with Gasteiger partial charge in [0.15, 0.2) is 5.15 Å². The lowest BCUT2D eigenvalue weighted by atomic mass is 10.5. The topological polar surface area (TPSA) is 60.9 Å². The first-order valence-corrected chi connectivity index (χ1v) is 3.76. The minimum atomic E-state index is -4.49. The zero-order chi connectivity index (χ0) is 10.9. The Morgan fingerprint density at radius 1 is 1.57 bits per heavy atom. The van der Waals surface area contributed by atoms with Crippen molar-refractivity contribution >= 4 is 17.3 Å². The van der Waals surface area contributed by atoms with Crippen molar-refractivity contribution in [1.82, 2.24) is 9.55 Å². The first-order chi connectivity index (χ1) is 6.31. The average molecular weight is 228 g/mol. The van der Waals surface area contributed by atoms with Gasteiger partial charge in [-0.25, -0.2) is 4.98 Å². The van der Waals surface area contributed by atoms with E-state index in [9.17, 15) is 18.0 Å². The van der Waals surface area contributed by atoms with E-state index in [4.69, 9.17) is 17.3 Å². The summed E-state index contributed by atoms with van der Waals surface area (Å²) in [4.78, 5) is 14.4. The van der Waals surface area contributed by atoms with E-state index in [0.717, 1.165) is 0 Å². The standard InChI is InChI=1S/C6H5ClF3N3O/c7-4-3(11)5(14)13(2-12-4)1-6(8,9)10/h2H,1,11H2. The monoisotopic (exact) mass is 227 g/mol. The summed E-state index contributed by atoms with van der Waals surface area (Å²) in [7, 11) is 0. The lowest BCUT2D eigenvalue weighted by Crippen LogP contribution is -2.29. The highest BCUT2D eigenvalue weighted by atomic mass is 35.5. The van der Waals surface area contributed by atoms with Crippen LogP contribution in [0, 0.1) is 0 Å². The van der Waals surface area contributed by atoms with Gasteiger partial charge in [0.2, 0.25) is 0 Å². The van der Waals surface area contributed by atoms with Crippen molar-refractivity contribution in [3.8, 4) is 0 Å². The summed E-state index contributed by atoms with van der Waals surface area (Å²) in [6, 6.07) is 0. The molecular weight excluding hydrogens is 223 g/mol. The molecule has 0 aliphatic carbocycles. The molecule has 0 aliphatic rings. The Morgan fingerprint density at radius 3 is 2.64 bits per heavy atom. The first kappa shape index (κ1) is 10.8. The highest BCUT2D eigenvalue weighted by Gasteiger charge is 2.28. The first-order valence-electron chi connectivity index (χ1n) is 3.38. The highest BCUT2D eigenvalue weighted by Crippen LogP contribution is 2.17. The molecule has 0 fully saturated rings. The van der Waals surface area contributed by atoms with Crippen LogP contribution in [0.4, 0.5) is 18.9 Å². The number of hydrogen-bond donors (Lipinski definition) is 1. The fraction of sp³-hybridized carbons (Fsp3) is 0.333. The number of nitrogen functional groups attached to an aromatic ring is 1. The molecule has 1 heterocycles. The predicted octanol–water partition coefficient (Wildman–Crippen LogP) is 1.04. The number of nitrogens with two attached hydrogens (primary N) is 1. The fourth-order valence-electron chi connectivity index (χ4n) is 0.791. The number of rotatable bonds is 1. The molecule has 0 saturated heterocycles. The molecule has 0 bridgehead atoms. The molecule has 78 valence electrons. The molecular formula is C6H5ClF3N3O. The van der Waals surface area contributed by atoms with Gasteiger partial charge in [-0.3, -0.25) is 9.36 Å². The summed E-state index contributed by atoms with van der Waals surface area (Å²) in [5.74, 6) is 0. The van der Waals surface area contributed by atoms with Gasteiger partial charge < -0.3 is 5.73 Å². The SMILES string of the molecule is Nc1c(Cl)ncn(CC(F)(F)F)c1=O. The van der Waals surface area contributed by atoms with Gasteiger partial charge in [0.1, 0.15) is 12.2 Å². The number of hydrogen-bond acceptors (Lipinski definition) is 3. The predicted molar refractivity (Wildman–Crippen MR) is 44.0 cm³/mol. The number of aromatic nitrogens is 2. The maximum Gasteiger partial charge on any atom is 0.406 e. The van der Waals surface area contributed by atoms with Crippen molar-refractivity contribution in [2.45, 2.75) is 12.7 Å². The zero-order valence-electron chi connectivity index (χ0n) is 6.68. The lowest BCUT2D eigenvalue weighted by Gasteiger charge is -2.09. The third-order valence-electron chi connectivity index (χ3n) is 1.37. The maximum absolute atomic E-state index is 11.9. The van der Waals surface area contributed by atoms with Gasteiger partial charge in [0.05, 0.1) is 6.33 Å². The van der Waals surface area contributed by atoms with Crippen LogP contribution < -0.4 is 11.3 Å². The van der Waals surface area contributed by atoms with Gasteiger partial charge in [-0.05, 0) is 0 Å². The van der Waals surface area contributed by atoms with Crippen LogP contribution in [-0.2, 0) is 6.54 Å². The second-order valence-electron chi connectivity index (χ2n) is 2.50. The Hall–Kier alpha value is -1.24. The van der Waals surface area contributed by atoms with Crippen molar-refractivity contribution < 1.29 is 13.2 Å².